The SMILES string of the molecule is CC1(c2ccccc2F)CCN1. The summed E-state index contributed by atoms with van der Waals surface area (Å²) in [5.74, 6) is -0.104. The van der Waals surface area contributed by atoms with E-state index in [1.807, 2.05) is 19.1 Å². The van der Waals surface area contributed by atoms with Crippen LogP contribution < -0.4 is 5.32 Å². The zero-order chi connectivity index (χ0) is 8.60. The molecule has 1 aromatic carbocycles. The molecule has 0 bridgehead atoms. The molecular weight excluding hydrogens is 153 g/mol. The van der Waals surface area contributed by atoms with E-state index < -0.39 is 0 Å². The Morgan fingerprint density at radius 1 is 1.42 bits per heavy atom. The van der Waals surface area contributed by atoms with Gasteiger partial charge >= 0.3 is 0 Å². The van der Waals surface area contributed by atoms with E-state index in [2.05, 4.69) is 5.32 Å². The van der Waals surface area contributed by atoms with Crippen molar-refractivity contribution in [2.24, 2.45) is 0 Å². The smallest absolute Gasteiger partial charge is 0.128 e. The monoisotopic (exact) mass is 165 g/mol. The Kier molecular flexibility index (Phi) is 1.65. The maximum Gasteiger partial charge on any atom is 0.128 e. The molecule has 1 heterocycles. The van der Waals surface area contributed by atoms with Crippen LogP contribution >= 0.6 is 0 Å². The molecule has 1 saturated heterocycles. The Morgan fingerprint density at radius 2 is 2.08 bits per heavy atom. The molecule has 1 unspecified atom stereocenters. The standard InChI is InChI=1S/C10H12FN/c1-10(6-7-12-10)8-4-2-3-5-9(8)11/h2-5,12H,6-7H2,1H3. The van der Waals surface area contributed by atoms with Crippen molar-refractivity contribution in [3.63, 3.8) is 0 Å². The molecule has 0 aliphatic carbocycles. The number of hydrogen-bond donors (Lipinski definition) is 1. The molecule has 0 saturated carbocycles. The van der Waals surface area contributed by atoms with Gasteiger partial charge in [0.2, 0.25) is 0 Å². The Morgan fingerprint density at radius 3 is 2.58 bits per heavy atom. The Hall–Kier alpha value is -0.890. The molecule has 1 N–H and O–H groups in total. The summed E-state index contributed by atoms with van der Waals surface area (Å²) in [7, 11) is 0. The van der Waals surface area contributed by atoms with Crippen molar-refractivity contribution >= 4 is 0 Å². The van der Waals surface area contributed by atoms with Gasteiger partial charge in [0.15, 0.2) is 0 Å². The van der Waals surface area contributed by atoms with E-state index in [4.69, 9.17) is 0 Å². The van der Waals surface area contributed by atoms with Crippen LogP contribution in [-0.4, -0.2) is 6.54 Å². The van der Waals surface area contributed by atoms with E-state index >= 15 is 0 Å². The first-order chi connectivity index (χ1) is 5.72. The topological polar surface area (TPSA) is 12.0 Å². The van der Waals surface area contributed by atoms with Crippen LogP contribution in [-0.2, 0) is 5.54 Å². The lowest BCUT2D eigenvalue weighted by Gasteiger charge is -2.40. The predicted molar refractivity (Wildman–Crippen MR) is 46.4 cm³/mol. The molecule has 1 atom stereocenters. The average molecular weight is 165 g/mol. The zero-order valence-electron chi connectivity index (χ0n) is 7.10. The number of hydrogen-bond acceptors (Lipinski definition) is 1. The summed E-state index contributed by atoms with van der Waals surface area (Å²) < 4.78 is 13.3. The molecule has 2 heteroatoms. The van der Waals surface area contributed by atoms with Crippen molar-refractivity contribution in [1.82, 2.24) is 5.32 Å². The van der Waals surface area contributed by atoms with E-state index in [1.54, 1.807) is 6.07 Å². The van der Waals surface area contributed by atoms with Gasteiger partial charge < -0.3 is 5.32 Å². The normalized spacial score (nSPS) is 28.2. The summed E-state index contributed by atoms with van der Waals surface area (Å²) in [5.41, 5.74) is 0.668. The lowest BCUT2D eigenvalue weighted by molar-refractivity contribution is 0.229. The summed E-state index contributed by atoms with van der Waals surface area (Å²) in [6, 6.07) is 6.96. The summed E-state index contributed by atoms with van der Waals surface area (Å²) in [6.45, 7) is 3.03. The Balaban J connectivity index is 2.39. The van der Waals surface area contributed by atoms with Gasteiger partial charge in [-0.3, -0.25) is 0 Å². The van der Waals surface area contributed by atoms with Crippen molar-refractivity contribution in [3.05, 3.63) is 35.6 Å². The lowest BCUT2D eigenvalue weighted by atomic mass is 9.82. The molecule has 1 aliphatic heterocycles. The summed E-state index contributed by atoms with van der Waals surface area (Å²) in [5, 5.41) is 3.24. The largest absolute Gasteiger partial charge is 0.307 e. The van der Waals surface area contributed by atoms with Crippen molar-refractivity contribution in [3.8, 4) is 0 Å². The van der Waals surface area contributed by atoms with Crippen LogP contribution in [0.2, 0.25) is 0 Å². The van der Waals surface area contributed by atoms with E-state index in [-0.39, 0.29) is 11.4 Å². The van der Waals surface area contributed by atoms with Gasteiger partial charge in [-0.25, -0.2) is 4.39 Å². The maximum atomic E-state index is 13.3. The average Bonchev–Trinajstić information content (AvgIpc) is 2.01. The highest BCUT2D eigenvalue weighted by molar-refractivity contribution is 5.27. The molecular formula is C10H12FN. The minimum Gasteiger partial charge on any atom is -0.307 e. The maximum absolute atomic E-state index is 13.3. The number of benzene rings is 1. The highest BCUT2D eigenvalue weighted by Gasteiger charge is 2.34. The Bertz CT molecular complexity index is 292. The highest BCUT2D eigenvalue weighted by Crippen LogP contribution is 2.31. The van der Waals surface area contributed by atoms with Crippen molar-refractivity contribution < 1.29 is 4.39 Å². The second-order valence-electron chi connectivity index (χ2n) is 3.49. The molecule has 1 fully saturated rings. The van der Waals surface area contributed by atoms with Crippen molar-refractivity contribution in [2.75, 3.05) is 6.54 Å². The van der Waals surface area contributed by atoms with Crippen LogP contribution in [0.15, 0.2) is 24.3 Å². The first-order valence-corrected chi connectivity index (χ1v) is 4.22. The molecule has 1 aromatic rings. The van der Waals surface area contributed by atoms with Crippen LogP contribution in [0.25, 0.3) is 0 Å². The molecule has 12 heavy (non-hydrogen) atoms. The number of halogens is 1. The third-order valence-electron chi connectivity index (χ3n) is 2.61. The second kappa shape index (κ2) is 2.56. The quantitative estimate of drug-likeness (QED) is 0.671. The summed E-state index contributed by atoms with van der Waals surface area (Å²) in [6.07, 6.45) is 1.02. The first-order valence-electron chi connectivity index (χ1n) is 4.22. The number of rotatable bonds is 1. The van der Waals surface area contributed by atoms with Gasteiger partial charge in [0.1, 0.15) is 5.82 Å². The summed E-state index contributed by atoms with van der Waals surface area (Å²) >= 11 is 0. The van der Waals surface area contributed by atoms with Gasteiger partial charge in [-0.05, 0) is 26.0 Å². The minimum atomic E-state index is -0.120. The van der Waals surface area contributed by atoms with E-state index in [0.717, 1.165) is 18.5 Å². The van der Waals surface area contributed by atoms with Gasteiger partial charge in [-0.2, -0.15) is 0 Å². The molecule has 1 aliphatic rings. The molecule has 64 valence electrons. The minimum absolute atomic E-state index is 0.104. The zero-order valence-corrected chi connectivity index (χ0v) is 7.10. The van der Waals surface area contributed by atoms with Crippen molar-refractivity contribution in [1.29, 1.82) is 0 Å². The fourth-order valence-electron chi connectivity index (χ4n) is 1.64. The fourth-order valence-corrected chi connectivity index (χ4v) is 1.64. The van der Waals surface area contributed by atoms with E-state index in [0.29, 0.717) is 0 Å². The molecule has 2 rings (SSSR count). The van der Waals surface area contributed by atoms with E-state index in [1.165, 1.54) is 6.07 Å². The van der Waals surface area contributed by atoms with Gasteiger partial charge in [0.25, 0.3) is 0 Å². The van der Waals surface area contributed by atoms with Crippen molar-refractivity contribution in [2.45, 2.75) is 18.9 Å². The van der Waals surface area contributed by atoms with Crippen LogP contribution in [0.4, 0.5) is 4.39 Å². The Labute approximate surface area is 71.6 Å². The van der Waals surface area contributed by atoms with Crippen LogP contribution in [0.3, 0.4) is 0 Å². The third-order valence-corrected chi connectivity index (χ3v) is 2.61. The third kappa shape index (κ3) is 1.03. The number of nitrogens with one attached hydrogen (secondary N) is 1. The van der Waals surface area contributed by atoms with Crippen LogP contribution in [0.1, 0.15) is 18.9 Å². The predicted octanol–water partition coefficient (Wildman–Crippen LogP) is 2.03. The van der Waals surface area contributed by atoms with Crippen LogP contribution in [0.5, 0.6) is 0 Å². The van der Waals surface area contributed by atoms with Gasteiger partial charge in [-0.1, -0.05) is 18.2 Å². The fraction of sp³-hybridized carbons (Fsp3) is 0.400. The van der Waals surface area contributed by atoms with Gasteiger partial charge in [0, 0.05) is 11.1 Å². The summed E-state index contributed by atoms with van der Waals surface area (Å²) in [4.78, 5) is 0. The molecule has 0 radical (unpaired) electrons. The molecule has 0 aromatic heterocycles. The highest BCUT2D eigenvalue weighted by atomic mass is 19.1. The second-order valence-corrected chi connectivity index (χ2v) is 3.49. The van der Waals surface area contributed by atoms with Gasteiger partial charge in [-0.15, -0.1) is 0 Å². The van der Waals surface area contributed by atoms with Crippen LogP contribution in [0, 0.1) is 5.82 Å². The molecule has 0 amide bonds. The van der Waals surface area contributed by atoms with E-state index in [9.17, 15) is 4.39 Å². The molecule has 1 nitrogen and oxygen atoms in total. The van der Waals surface area contributed by atoms with Gasteiger partial charge in [0.05, 0.1) is 0 Å². The lowest BCUT2D eigenvalue weighted by Crippen LogP contribution is -2.52. The molecule has 0 spiro atoms. The first kappa shape index (κ1) is 7.74.